The molecule has 2 aromatic rings. The van der Waals surface area contributed by atoms with Crippen molar-refractivity contribution < 1.29 is 19.1 Å². The first-order valence-corrected chi connectivity index (χ1v) is 7.85. The lowest BCUT2D eigenvalue weighted by Gasteiger charge is -2.21. The summed E-state index contributed by atoms with van der Waals surface area (Å²) in [6.45, 7) is 8.62. The Kier molecular flexibility index (Phi) is 5.10. The van der Waals surface area contributed by atoms with E-state index in [1.807, 2.05) is 19.1 Å². The van der Waals surface area contributed by atoms with Crippen molar-refractivity contribution in [1.29, 1.82) is 0 Å². The second-order valence-corrected chi connectivity index (χ2v) is 6.76. The minimum atomic E-state index is -1.14. The number of carbonyl (C=O) groups is 3. The molecule has 25 heavy (non-hydrogen) atoms. The first kappa shape index (κ1) is 18.4. The third-order valence-corrected chi connectivity index (χ3v) is 3.28. The third kappa shape index (κ3) is 4.79. The predicted molar refractivity (Wildman–Crippen MR) is 91.2 cm³/mol. The first-order chi connectivity index (χ1) is 11.6. The lowest BCUT2D eigenvalue weighted by molar-refractivity contribution is -0.127. The number of carbonyl (C=O) groups excluding carboxylic acids is 3. The number of amides is 3. The van der Waals surface area contributed by atoms with Crippen LogP contribution in [0.3, 0.4) is 0 Å². The van der Waals surface area contributed by atoms with Crippen molar-refractivity contribution in [1.82, 2.24) is 20.0 Å². The van der Waals surface area contributed by atoms with Crippen molar-refractivity contribution >= 4 is 23.6 Å². The molecule has 0 aliphatic heterocycles. The molecule has 2 N–H and O–H groups in total. The first-order valence-electron chi connectivity index (χ1n) is 7.85. The van der Waals surface area contributed by atoms with Crippen LogP contribution in [0.1, 0.15) is 43.9 Å². The van der Waals surface area contributed by atoms with E-state index >= 15 is 0 Å². The van der Waals surface area contributed by atoms with Gasteiger partial charge in [-0.05, 0) is 46.8 Å². The van der Waals surface area contributed by atoms with E-state index in [0.29, 0.717) is 5.65 Å². The number of pyridine rings is 1. The van der Waals surface area contributed by atoms with Crippen molar-refractivity contribution in [3.63, 3.8) is 0 Å². The molecule has 0 spiro atoms. The Morgan fingerprint density at radius 2 is 1.92 bits per heavy atom. The molecule has 2 heterocycles. The van der Waals surface area contributed by atoms with Gasteiger partial charge in [-0.15, -0.1) is 0 Å². The zero-order valence-corrected chi connectivity index (χ0v) is 14.9. The fourth-order valence-electron chi connectivity index (χ4n) is 2.11. The van der Waals surface area contributed by atoms with Gasteiger partial charge < -0.3 is 14.5 Å². The van der Waals surface area contributed by atoms with Gasteiger partial charge in [0.25, 0.3) is 5.91 Å². The Morgan fingerprint density at radius 3 is 2.52 bits per heavy atom. The van der Waals surface area contributed by atoms with Crippen molar-refractivity contribution in [2.45, 2.75) is 46.3 Å². The van der Waals surface area contributed by atoms with E-state index in [0.717, 1.165) is 5.69 Å². The summed E-state index contributed by atoms with van der Waals surface area (Å²) in [5.74, 6) is -1.45. The van der Waals surface area contributed by atoms with Crippen LogP contribution >= 0.6 is 0 Å². The van der Waals surface area contributed by atoms with Crippen LogP contribution in [0.15, 0.2) is 24.4 Å². The molecule has 0 aromatic carbocycles. The van der Waals surface area contributed by atoms with Crippen molar-refractivity contribution in [2.75, 3.05) is 0 Å². The fourth-order valence-corrected chi connectivity index (χ4v) is 2.11. The highest BCUT2D eigenvalue weighted by atomic mass is 16.5. The van der Waals surface area contributed by atoms with Gasteiger partial charge in [-0.1, -0.05) is 6.07 Å². The molecule has 8 nitrogen and oxygen atoms in total. The van der Waals surface area contributed by atoms with Gasteiger partial charge in [0, 0.05) is 17.4 Å². The minimum Gasteiger partial charge on any atom is -0.448 e. The van der Waals surface area contributed by atoms with Gasteiger partial charge in [0.05, 0.1) is 0 Å². The number of aromatic nitrogens is 2. The molecule has 134 valence electrons. The van der Waals surface area contributed by atoms with Crippen LogP contribution in [-0.4, -0.2) is 38.9 Å². The normalized spacial score (nSPS) is 12.5. The molecule has 0 radical (unpaired) electrons. The molecule has 0 aliphatic rings. The number of esters is 1. The minimum absolute atomic E-state index is 0.0908. The van der Waals surface area contributed by atoms with Gasteiger partial charge in [-0.25, -0.2) is 14.6 Å². The molecule has 0 aliphatic carbocycles. The molecule has 0 fully saturated rings. The second kappa shape index (κ2) is 6.92. The van der Waals surface area contributed by atoms with Crippen LogP contribution in [0.5, 0.6) is 0 Å². The Balaban J connectivity index is 2.00. The number of urea groups is 1. The van der Waals surface area contributed by atoms with Gasteiger partial charge in [0.1, 0.15) is 5.65 Å². The maximum Gasteiger partial charge on any atom is 0.359 e. The van der Waals surface area contributed by atoms with E-state index in [-0.39, 0.29) is 5.69 Å². The molecule has 0 bridgehead atoms. The quantitative estimate of drug-likeness (QED) is 0.825. The van der Waals surface area contributed by atoms with E-state index in [2.05, 4.69) is 15.6 Å². The predicted octanol–water partition coefficient (Wildman–Crippen LogP) is 1.81. The van der Waals surface area contributed by atoms with Gasteiger partial charge in [0.15, 0.2) is 11.8 Å². The van der Waals surface area contributed by atoms with Gasteiger partial charge in [-0.3, -0.25) is 10.1 Å². The smallest absolute Gasteiger partial charge is 0.359 e. The van der Waals surface area contributed by atoms with Crippen LogP contribution in [-0.2, 0) is 9.53 Å². The highest BCUT2D eigenvalue weighted by molar-refractivity contribution is 5.98. The number of hydrogen-bond acceptors (Lipinski definition) is 5. The summed E-state index contributed by atoms with van der Waals surface area (Å²) in [5, 5.41) is 4.72. The molecule has 8 heteroatoms. The van der Waals surface area contributed by atoms with Crippen LogP contribution in [0.4, 0.5) is 4.79 Å². The second-order valence-electron chi connectivity index (χ2n) is 6.76. The zero-order chi connectivity index (χ0) is 18.8. The van der Waals surface area contributed by atoms with Gasteiger partial charge in [0.2, 0.25) is 0 Å². The summed E-state index contributed by atoms with van der Waals surface area (Å²) >= 11 is 0. The number of aryl methyl sites for hydroxylation is 1. The number of rotatable bonds is 3. The molecular formula is C17H22N4O4. The Labute approximate surface area is 145 Å². The summed E-state index contributed by atoms with van der Waals surface area (Å²) in [5.41, 5.74) is 1.12. The largest absolute Gasteiger partial charge is 0.448 e. The van der Waals surface area contributed by atoms with Crippen LogP contribution < -0.4 is 10.6 Å². The Morgan fingerprint density at radius 1 is 1.24 bits per heavy atom. The Hall–Kier alpha value is -2.90. The summed E-state index contributed by atoms with van der Waals surface area (Å²) < 4.78 is 6.84. The zero-order valence-electron chi connectivity index (χ0n) is 14.9. The molecule has 1 atom stereocenters. The maximum absolute atomic E-state index is 12.2. The average molecular weight is 346 g/mol. The molecule has 3 amide bonds. The van der Waals surface area contributed by atoms with Crippen LogP contribution in [0, 0.1) is 6.92 Å². The number of hydrogen-bond donors (Lipinski definition) is 2. The summed E-state index contributed by atoms with van der Waals surface area (Å²) in [6, 6.07) is 4.82. The highest BCUT2D eigenvalue weighted by Crippen LogP contribution is 2.10. The monoisotopic (exact) mass is 346 g/mol. The van der Waals surface area contributed by atoms with E-state index in [4.69, 9.17) is 4.74 Å². The van der Waals surface area contributed by atoms with Crippen molar-refractivity contribution in [3.05, 3.63) is 35.8 Å². The third-order valence-electron chi connectivity index (χ3n) is 3.28. The maximum atomic E-state index is 12.2. The van der Waals surface area contributed by atoms with Crippen LogP contribution in [0.25, 0.3) is 5.65 Å². The van der Waals surface area contributed by atoms with E-state index in [1.54, 1.807) is 37.4 Å². The number of nitrogens with one attached hydrogen (secondary N) is 2. The SMILES string of the molecule is Cc1cccc2nc(C(=O)OC(C)C(=O)NC(=O)NC(C)(C)C)cn12. The fraction of sp³-hybridized carbons (Fsp3) is 0.412. The lowest BCUT2D eigenvalue weighted by Crippen LogP contribution is -2.50. The summed E-state index contributed by atoms with van der Waals surface area (Å²) in [7, 11) is 0. The average Bonchev–Trinajstić information content (AvgIpc) is 2.90. The van der Waals surface area contributed by atoms with Crippen molar-refractivity contribution in [2.24, 2.45) is 0 Å². The van der Waals surface area contributed by atoms with Gasteiger partial charge >= 0.3 is 12.0 Å². The molecular weight excluding hydrogens is 324 g/mol. The molecule has 1 unspecified atom stereocenters. The number of ether oxygens (including phenoxy) is 1. The summed E-state index contributed by atoms with van der Waals surface area (Å²) in [4.78, 5) is 40.0. The van der Waals surface area contributed by atoms with Crippen LogP contribution in [0.2, 0.25) is 0 Å². The lowest BCUT2D eigenvalue weighted by atomic mass is 10.1. The summed E-state index contributed by atoms with van der Waals surface area (Å²) in [6.07, 6.45) is 0.411. The Bertz CT molecular complexity index is 820. The molecule has 0 saturated carbocycles. The van der Waals surface area contributed by atoms with E-state index < -0.39 is 29.6 Å². The number of fused-ring (bicyclic) bond motifs is 1. The highest BCUT2D eigenvalue weighted by Gasteiger charge is 2.23. The van der Waals surface area contributed by atoms with E-state index in [9.17, 15) is 14.4 Å². The van der Waals surface area contributed by atoms with Gasteiger partial charge in [-0.2, -0.15) is 0 Å². The number of imidazole rings is 1. The molecule has 2 aromatic heterocycles. The topological polar surface area (TPSA) is 102 Å². The molecule has 2 rings (SSSR count). The van der Waals surface area contributed by atoms with E-state index in [1.165, 1.54) is 6.92 Å². The molecule has 0 saturated heterocycles. The van der Waals surface area contributed by atoms with Crippen molar-refractivity contribution in [3.8, 4) is 0 Å². The number of nitrogens with zero attached hydrogens (tertiary/aromatic N) is 2. The number of imide groups is 1. The standard InChI is InChI=1S/C17H22N4O4/c1-10-7-6-8-13-18-12(9-21(10)13)15(23)25-11(2)14(22)19-16(24)20-17(3,4)5/h6-9,11H,1-5H3,(H2,19,20,22,24).